The summed E-state index contributed by atoms with van der Waals surface area (Å²) in [5.74, 6) is 0.0699. The van der Waals surface area contributed by atoms with Gasteiger partial charge in [-0.2, -0.15) is 0 Å². The zero-order chi connectivity index (χ0) is 21.1. The highest BCUT2D eigenvalue weighted by atomic mass is 32.2. The van der Waals surface area contributed by atoms with Crippen molar-refractivity contribution in [2.24, 2.45) is 0 Å². The second-order valence-electron chi connectivity index (χ2n) is 8.36. The topological polar surface area (TPSA) is 35.6 Å². The predicted molar refractivity (Wildman–Crippen MR) is 122 cm³/mol. The maximum atomic E-state index is 14.0. The van der Waals surface area contributed by atoms with Gasteiger partial charge in [0.2, 0.25) is 5.91 Å². The number of likely N-dealkylation sites (N-methyl/N-ethyl adjacent to an activating group) is 1. The Morgan fingerprint density at radius 3 is 2.67 bits per heavy atom. The smallest absolute Gasteiger partial charge is 0.230 e. The van der Waals surface area contributed by atoms with Crippen molar-refractivity contribution in [2.75, 3.05) is 43.9 Å². The molecule has 1 atom stereocenters. The van der Waals surface area contributed by atoms with E-state index in [2.05, 4.69) is 40.4 Å². The van der Waals surface area contributed by atoms with E-state index in [1.165, 1.54) is 30.0 Å². The van der Waals surface area contributed by atoms with Gasteiger partial charge >= 0.3 is 0 Å². The number of carbonyl (C=O) groups excluding carboxylic acids is 1. The van der Waals surface area contributed by atoms with Crippen LogP contribution in [0.5, 0.6) is 0 Å². The van der Waals surface area contributed by atoms with Crippen LogP contribution in [0.15, 0.2) is 41.3 Å². The van der Waals surface area contributed by atoms with Crippen LogP contribution in [0.2, 0.25) is 0 Å². The Kier molecular flexibility index (Phi) is 6.64. The first kappa shape index (κ1) is 21.2. The summed E-state index contributed by atoms with van der Waals surface area (Å²) in [6.07, 6.45) is 3.54. The maximum Gasteiger partial charge on any atom is 0.230 e. The Balaban J connectivity index is 1.38. The third-order valence-corrected chi connectivity index (χ3v) is 7.11. The molecule has 1 N–H and O–H groups in total. The largest absolute Gasteiger partial charge is 0.369 e. The van der Waals surface area contributed by atoms with Gasteiger partial charge in [0.15, 0.2) is 0 Å². The lowest BCUT2D eigenvalue weighted by atomic mass is 10.0. The highest BCUT2D eigenvalue weighted by molar-refractivity contribution is 8.00. The SMILES string of the molecule is CC(NC(=O)CSc1ccc2c(c1)CCC2)c1cc(F)ccc1N1CCN(C)CC1. The second-order valence-corrected chi connectivity index (χ2v) is 9.40. The van der Waals surface area contributed by atoms with E-state index in [1.54, 1.807) is 17.8 Å². The molecule has 0 bridgehead atoms. The number of aryl methyl sites for hydroxylation is 2. The zero-order valence-corrected chi connectivity index (χ0v) is 18.6. The monoisotopic (exact) mass is 427 g/mol. The number of hydrogen-bond acceptors (Lipinski definition) is 4. The summed E-state index contributed by atoms with van der Waals surface area (Å²) in [5, 5.41) is 3.07. The number of carbonyl (C=O) groups is 1. The lowest BCUT2D eigenvalue weighted by Gasteiger charge is -2.36. The molecule has 1 heterocycles. The third kappa shape index (κ3) is 4.98. The molecule has 0 spiro atoms. The summed E-state index contributed by atoms with van der Waals surface area (Å²) < 4.78 is 14.0. The van der Waals surface area contributed by atoms with E-state index >= 15 is 0 Å². The third-order valence-electron chi connectivity index (χ3n) is 6.12. The van der Waals surface area contributed by atoms with Crippen LogP contribution >= 0.6 is 11.8 Å². The number of benzene rings is 2. The van der Waals surface area contributed by atoms with Crippen molar-refractivity contribution in [1.29, 1.82) is 0 Å². The van der Waals surface area contributed by atoms with Crippen molar-refractivity contribution in [1.82, 2.24) is 10.2 Å². The molecule has 1 fully saturated rings. The number of nitrogens with zero attached hydrogens (tertiary/aromatic N) is 2. The normalized spacial score (nSPS) is 17.6. The van der Waals surface area contributed by atoms with Gasteiger partial charge in [0, 0.05) is 42.3 Å². The average Bonchev–Trinajstić information content (AvgIpc) is 3.21. The van der Waals surface area contributed by atoms with Crippen LogP contribution in [-0.4, -0.2) is 49.8 Å². The number of halogens is 1. The second kappa shape index (κ2) is 9.40. The molecule has 0 saturated carbocycles. The molecule has 1 aliphatic carbocycles. The lowest BCUT2D eigenvalue weighted by molar-refractivity contribution is -0.119. The fraction of sp³-hybridized carbons (Fsp3) is 0.458. The molecule has 1 saturated heterocycles. The van der Waals surface area contributed by atoms with Gasteiger partial charge in [-0.3, -0.25) is 4.79 Å². The quantitative estimate of drug-likeness (QED) is 0.706. The van der Waals surface area contributed by atoms with Gasteiger partial charge in [-0.05, 0) is 74.7 Å². The first-order valence-corrected chi connectivity index (χ1v) is 11.7. The molecular weight excluding hydrogens is 397 g/mol. The lowest BCUT2D eigenvalue weighted by Crippen LogP contribution is -2.45. The number of hydrogen-bond donors (Lipinski definition) is 1. The van der Waals surface area contributed by atoms with Crippen molar-refractivity contribution >= 4 is 23.4 Å². The molecule has 30 heavy (non-hydrogen) atoms. The molecule has 6 heteroatoms. The number of thioether (sulfide) groups is 1. The van der Waals surface area contributed by atoms with E-state index in [-0.39, 0.29) is 17.8 Å². The first-order valence-electron chi connectivity index (χ1n) is 10.8. The molecule has 0 radical (unpaired) electrons. The fourth-order valence-electron chi connectivity index (χ4n) is 4.36. The zero-order valence-electron chi connectivity index (χ0n) is 17.8. The highest BCUT2D eigenvalue weighted by Gasteiger charge is 2.21. The number of fused-ring (bicyclic) bond motifs is 1. The first-order chi connectivity index (χ1) is 14.5. The van der Waals surface area contributed by atoms with Crippen LogP contribution in [0.1, 0.15) is 36.1 Å². The molecule has 2 aromatic carbocycles. The van der Waals surface area contributed by atoms with E-state index < -0.39 is 0 Å². The molecule has 160 valence electrons. The van der Waals surface area contributed by atoms with Crippen LogP contribution in [-0.2, 0) is 17.6 Å². The molecule has 2 aromatic rings. The van der Waals surface area contributed by atoms with Crippen molar-refractivity contribution in [3.05, 3.63) is 58.9 Å². The van der Waals surface area contributed by atoms with Crippen molar-refractivity contribution < 1.29 is 9.18 Å². The maximum absolute atomic E-state index is 14.0. The van der Waals surface area contributed by atoms with Crippen LogP contribution in [0, 0.1) is 5.82 Å². The Morgan fingerprint density at radius 2 is 1.87 bits per heavy atom. The predicted octanol–water partition coefficient (Wildman–Crippen LogP) is 4.04. The van der Waals surface area contributed by atoms with Crippen molar-refractivity contribution in [3.8, 4) is 0 Å². The van der Waals surface area contributed by atoms with E-state index in [9.17, 15) is 9.18 Å². The number of nitrogens with one attached hydrogen (secondary N) is 1. The minimum atomic E-state index is -0.267. The van der Waals surface area contributed by atoms with Gasteiger partial charge in [0.1, 0.15) is 5.82 Å². The fourth-order valence-corrected chi connectivity index (χ4v) is 5.13. The highest BCUT2D eigenvalue weighted by Crippen LogP contribution is 2.30. The van der Waals surface area contributed by atoms with E-state index in [4.69, 9.17) is 0 Å². The minimum Gasteiger partial charge on any atom is -0.369 e. The molecular formula is C24H30FN3OS. The van der Waals surface area contributed by atoms with Gasteiger partial charge < -0.3 is 15.1 Å². The summed E-state index contributed by atoms with van der Waals surface area (Å²) in [7, 11) is 2.12. The summed E-state index contributed by atoms with van der Waals surface area (Å²) in [6, 6.07) is 11.2. The number of piperazine rings is 1. The average molecular weight is 428 g/mol. The van der Waals surface area contributed by atoms with Crippen LogP contribution in [0.4, 0.5) is 10.1 Å². The Hall–Kier alpha value is -2.05. The summed E-state index contributed by atoms with van der Waals surface area (Å²) in [6.45, 7) is 5.71. The van der Waals surface area contributed by atoms with Gasteiger partial charge in [0.25, 0.3) is 0 Å². The van der Waals surface area contributed by atoms with Crippen molar-refractivity contribution in [3.63, 3.8) is 0 Å². The Morgan fingerprint density at radius 1 is 1.10 bits per heavy atom. The summed E-state index contributed by atoms with van der Waals surface area (Å²) >= 11 is 1.57. The summed E-state index contributed by atoms with van der Waals surface area (Å²) in [4.78, 5) is 18.3. The van der Waals surface area contributed by atoms with Crippen LogP contribution < -0.4 is 10.2 Å². The van der Waals surface area contributed by atoms with E-state index in [1.807, 2.05) is 13.0 Å². The molecule has 2 aliphatic rings. The van der Waals surface area contributed by atoms with Gasteiger partial charge in [-0.25, -0.2) is 4.39 Å². The minimum absolute atomic E-state index is 0.0263. The van der Waals surface area contributed by atoms with E-state index in [0.717, 1.165) is 48.7 Å². The van der Waals surface area contributed by atoms with Gasteiger partial charge in [-0.15, -0.1) is 11.8 Å². The van der Waals surface area contributed by atoms with Crippen LogP contribution in [0.3, 0.4) is 0 Å². The van der Waals surface area contributed by atoms with E-state index in [0.29, 0.717) is 5.75 Å². The molecule has 4 rings (SSSR count). The molecule has 1 amide bonds. The van der Waals surface area contributed by atoms with Gasteiger partial charge in [0.05, 0.1) is 11.8 Å². The Bertz CT molecular complexity index is 911. The van der Waals surface area contributed by atoms with Gasteiger partial charge in [-0.1, -0.05) is 6.07 Å². The van der Waals surface area contributed by atoms with Crippen LogP contribution in [0.25, 0.3) is 0 Å². The summed E-state index contributed by atoms with van der Waals surface area (Å²) in [5.41, 5.74) is 4.73. The molecule has 1 unspecified atom stereocenters. The number of anilines is 1. The molecule has 1 aliphatic heterocycles. The number of amides is 1. The standard InChI is InChI=1S/C24H30FN3OS/c1-17(22-15-20(25)7-9-23(22)28-12-10-27(2)11-13-28)26-24(29)16-30-21-8-6-18-4-3-5-19(18)14-21/h6-9,14-15,17H,3-5,10-13,16H2,1-2H3,(H,26,29). The van der Waals surface area contributed by atoms with Crippen molar-refractivity contribution in [2.45, 2.75) is 37.1 Å². The molecule has 0 aromatic heterocycles. The Labute approximate surface area is 182 Å². The number of rotatable bonds is 6. The molecule has 4 nitrogen and oxygen atoms in total.